The molecule has 0 aliphatic rings. The van der Waals surface area contributed by atoms with Gasteiger partial charge >= 0.3 is 0 Å². The minimum absolute atomic E-state index is 0.0975. The van der Waals surface area contributed by atoms with Gasteiger partial charge in [-0.1, -0.05) is 0 Å². The Balaban J connectivity index is 2.49. The van der Waals surface area contributed by atoms with Gasteiger partial charge in [-0.3, -0.25) is 9.78 Å². The summed E-state index contributed by atoms with van der Waals surface area (Å²) in [5.74, 6) is -0.311. The van der Waals surface area contributed by atoms with Crippen LogP contribution in [0.3, 0.4) is 0 Å². The van der Waals surface area contributed by atoms with Crippen molar-refractivity contribution < 1.29 is 15.0 Å². The first kappa shape index (κ1) is 13.4. The van der Waals surface area contributed by atoms with Crippen molar-refractivity contribution in [2.45, 2.75) is 19.3 Å². The van der Waals surface area contributed by atoms with E-state index in [1.807, 2.05) is 0 Å². The van der Waals surface area contributed by atoms with Crippen LogP contribution in [-0.4, -0.2) is 46.2 Å². The first-order chi connectivity index (χ1) is 8.16. The normalized spacial score (nSPS) is 10.2. The molecule has 1 heterocycles. The van der Waals surface area contributed by atoms with Crippen LogP contribution in [0, 0.1) is 0 Å². The Labute approximate surface area is 101 Å². The number of hydrogen-bond donors (Lipinski definition) is 2. The van der Waals surface area contributed by atoms with E-state index in [9.17, 15) is 9.90 Å². The smallest absolute Gasteiger partial charge is 0.257 e. The van der Waals surface area contributed by atoms with Crippen LogP contribution in [0.15, 0.2) is 18.5 Å². The summed E-state index contributed by atoms with van der Waals surface area (Å²) >= 11 is 0. The summed E-state index contributed by atoms with van der Waals surface area (Å²) in [5, 5.41) is 18.1. The number of carbonyl (C=O) groups is 1. The second-order valence-electron chi connectivity index (χ2n) is 3.90. The molecule has 0 saturated heterocycles. The van der Waals surface area contributed by atoms with Gasteiger partial charge in [-0.2, -0.15) is 0 Å². The van der Waals surface area contributed by atoms with E-state index in [0.29, 0.717) is 6.54 Å². The second-order valence-corrected chi connectivity index (χ2v) is 3.90. The lowest BCUT2D eigenvalue weighted by atomic mass is 10.2. The molecular formula is C12H18N2O3. The maximum Gasteiger partial charge on any atom is 0.257 e. The van der Waals surface area contributed by atoms with Gasteiger partial charge in [0.1, 0.15) is 5.75 Å². The molecule has 5 nitrogen and oxygen atoms in total. The highest BCUT2D eigenvalue weighted by Gasteiger charge is 2.14. The van der Waals surface area contributed by atoms with E-state index in [-0.39, 0.29) is 23.8 Å². The number of aromatic nitrogens is 1. The van der Waals surface area contributed by atoms with Crippen LogP contribution in [0.1, 0.15) is 29.6 Å². The summed E-state index contributed by atoms with van der Waals surface area (Å²) in [4.78, 5) is 17.2. The standard InChI is InChI=1S/C12H18N2O3/c1-14(7-3-2-4-8-15)12(17)10-5-6-13-9-11(10)16/h5-6,9,15-16H,2-4,7-8H2,1H3. The molecule has 0 aliphatic carbocycles. The second kappa shape index (κ2) is 6.85. The van der Waals surface area contributed by atoms with Gasteiger partial charge < -0.3 is 15.1 Å². The van der Waals surface area contributed by atoms with Crippen LogP contribution in [0.4, 0.5) is 0 Å². The van der Waals surface area contributed by atoms with Crippen molar-refractivity contribution in [3.63, 3.8) is 0 Å². The van der Waals surface area contributed by atoms with Crippen molar-refractivity contribution in [1.82, 2.24) is 9.88 Å². The predicted molar refractivity (Wildman–Crippen MR) is 63.8 cm³/mol. The quantitative estimate of drug-likeness (QED) is 0.726. The van der Waals surface area contributed by atoms with Gasteiger partial charge in [0.25, 0.3) is 5.91 Å². The SMILES string of the molecule is CN(CCCCCO)C(=O)c1ccncc1O. The molecule has 1 aromatic heterocycles. The molecule has 0 unspecified atom stereocenters. The summed E-state index contributed by atoms with van der Waals surface area (Å²) in [6.45, 7) is 0.795. The molecule has 0 atom stereocenters. The average Bonchev–Trinajstić information content (AvgIpc) is 2.34. The molecule has 1 aromatic rings. The van der Waals surface area contributed by atoms with E-state index in [1.165, 1.54) is 18.5 Å². The maximum atomic E-state index is 11.9. The van der Waals surface area contributed by atoms with Crippen LogP contribution in [0.5, 0.6) is 5.75 Å². The van der Waals surface area contributed by atoms with Gasteiger partial charge in [0.2, 0.25) is 0 Å². The van der Waals surface area contributed by atoms with Crippen LogP contribution >= 0.6 is 0 Å². The molecule has 1 amide bonds. The lowest BCUT2D eigenvalue weighted by Gasteiger charge is -2.17. The van der Waals surface area contributed by atoms with Gasteiger partial charge in [-0.25, -0.2) is 0 Å². The van der Waals surface area contributed by atoms with Crippen molar-refractivity contribution in [2.75, 3.05) is 20.2 Å². The van der Waals surface area contributed by atoms with Crippen molar-refractivity contribution in [3.8, 4) is 5.75 Å². The molecule has 1 rings (SSSR count). The van der Waals surface area contributed by atoms with E-state index >= 15 is 0 Å². The Bertz CT molecular complexity index is 369. The monoisotopic (exact) mass is 238 g/mol. The van der Waals surface area contributed by atoms with Gasteiger partial charge in [0, 0.05) is 26.4 Å². The number of carbonyl (C=O) groups excluding carboxylic acids is 1. The highest BCUT2D eigenvalue weighted by molar-refractivity contribution is 5.96. The van der Waals surface area contributed by atoms with Crippen molar-refractivity contribution in [2.24, 2.45) is 0 Å². The van der Waals surface area contributed by atoms with Crippen molar-refractivity contribution >= 4 is 5.91 Å². The zero-order chi connectivity index (χ0) is 12.7. The third kappa shape index (κ3) is 4.03. The maximum absolute atomic E-state index is 11.9. The van der Waals surface area contributed by atoms with Crippen molar-refractivity contribution in [3.05, 3.63) is 24.0 Å². The van der Waals surface area contributed by atoms with Crippen LogP contribution in [0.25, 0.3) is 0 Å². The topological polar surface area (TPSA) is 73.7 Å². The molecule has 0 bridgehead atoms. The number of rotatable bonds is 6. The van der Waals surface area contributed by atoms with Crippen LogP contribution < -0.4 is 0 Å². The lowest BCUT2D eigenvalue weighted by Crippen LogP contribution is -2.27. The molecule has 17 heavy (non-hydrogen) atoms. The van der Waals surface area contributed by atoms with Crippen molar-refractivity contribution in [1.29, 1.82) is 0 Å². The van der Waals surface area contributed by atoms with E-state index in [2.05, 4.69) is 4.98 Å². The number of pyridine rings is 1. The molecular weight excluding hydrogens is 220 g/mol. The number of aliphatic hydroxyl groups is 1. The summed E-state index contributed by atoms with van der Waals surface area (Å²) in [6, 6.07) is 1.50. The van der Waals surface area contributed by atoms with E-state index < -0.39 is 0 Å². The number of aromatic hydroxyl groups is 1. The van der Waals surface area contributed by atoms with Gasteiger partial charge in [-0.15, -0.1) is 0 Å². The first-order valence-corrected chi connectivity index (χ1v) is 5.66. The number of hydrogen-bond acceptors (Lipinski definition) is 4. The zero-order valence-corrected chi connectivity index (χ0v) is 9.96. The van der Waals surface area contributed by atoms with E-state index in [1.54, 1.807) is 11.9 Å². The predicted octanol–water partition coefficient (Wildman–Crippen LogP) is 1.02. The molecule has 0 spiro atoms. The summed E-state index contributed by atoms with van der Waals surface area (Å²) in [6.07, 6.45) is 5.22. The molecule has 0 radical (unpaired) electrons. The molecule has 0 aliphatic heterocycles. The number of aliphatic hydroxyl groups excluding tert-OH is 1. The Morgan fingerprint density at radius 3 is 2.82 bits per heavy atom. The molecule has 0 fully saturated rings. The molecule has 5 heteroatoms. The van der Waals surface area contributed by atoms with Gasteiger partial charge in [0.05, 0.1) is 11.8 Å². The highest BCUT2D eigenvalue weighted by atomic mass is 16.3. The van der Waals surface area contributed by atoms with Crippen LogP contribution in [-0.2, 0) is 0 Å². The molecule has 0 aromatic carbocycles. The number of nitrogens with zero attached hydrogens (tertiary/aromatic N) is 2. The fourth-order valence-electron chi connectivity index (χ4n) is 1.51. The van der Waals surface area contributed by atoms with Gasteiger partial charge in [-0.05, 0) is 25.3 Å². The zero-order valence-electron chi connectivity index (χ0n) is 9.96. The van der Waals surface area contributed by atoms with Crippen LogP contribution in [0.2, 0.25) is 0 Å². The average molecular weight is 238 g/mol. The number of unbranched alkanes of at least 4 members (excludes halogenated alkanes) is 2. The fraction of sp³-hybridized carbons (Fsp3) is 0.500. The van der Waals surface area contributed by atoms with E-state index in [0.717, 1.165) is 19.3 Å². The lowest BCUT2D eigenvalue weighted by molar-refractivity contribution is 0.0789. The minimum atomic E-state index is -0.214. The summed E-state index contributed by atoms with van der Waals surface area (Å²) in [7, 11) is 1.70. The first-order valence-electron chi connectivity index (χ1n) is 5.66. The largest absolute Gasteiger partial charge is 0.505 e. The van der Waals surface area contributed by atoms with E-state index in [4.69, 9.17) is 5.11 Å². The summed E-state index contributed by atoms with van der Waals surface area (Å²) < 4.78 is 0. The molecule has 0 saturated carbocycles. The minimum Gasteiger partial charge on any atom is -0.505 e. The third-order valence-corrected chi connectivity index (χ3v) is 2.53. The third-order valence-electron chi connectivity index (χ3n) is 2.53. The Morgan fingerprint density at radius 1 is 1.41 bits per heavy atom. The summed E-state index contributed by atoms with van der Waals surface area (Å²) in [5.41, 5.74) is 0.268. The Morgan fingerprint density at radius 2 is 2.18 bits per heavy atom. The highest BCUT2D eigenvalue weighted by Crippen LogP contribution is 2.16. The fourth-order valence-corrected chi connectivity index (χ4v) is 1.51. The number of amides is 1. The molecule has 2 N–H and O–H groups in total. The molecule has 94 valence electrons. The van der Waals surface area contributed by atoms with Gasteiger partial charge in [0.15, 0.2) is 0 Å². The Hall–Kier alpha value is -1.62. The Kier molecular flexibility index (Phi) is 5.42.